The summed E-state index contributed by atoms with van der Waals surface area (Å²) in [5.41, 5.74) is 3.06. The highest BCUT2D eigenvalue weighted by Crippen LogP contribution is 2.29. The number of pyridine rings is 1. The van der Waals surface area contributed by atoms with Gasteiger partial charge in [-0.05, 0) is 24.6 Å². The van der Waals surface area contributed by atoms with Crippen LogP contribution in [0, 0.1) is 0 Å². The van der Waals surface area contributed by atoms with Gasteiger partial charge in [0.25, 0.3) is 11.1 Å². The number of hydrogen-bond acceptors (Lipinski definition) is 5. The molecule has 0 bridgehead atoms. The van der Waals surface area contributed by atoms with E-state index in [9.17, 15) is 0 Å². The molecular weight excluding hydrogens is 308 g/mol. The third-order valence-electron chi connectivity index (χ3n) is 3.54. The first-order valence-electron chi connectivity index (χ1n) is 7.33. The highest BCUT2D eigenvalue weighted by molar-refractivity contribution is 7.99. The number of thioether (sulfide) groups is 1. The summed E-state index contributed by atoms with van der Waals surface area (Å²) in [4.78, 5) is 7.52. The molecule has 3 heterocycles. The van der Waals surface area contributed by atoms with Crippen molar-refractivity contribution in [1.29, 1.82) is 0 Å². The van der Waals surface area contributed by atoms with Gasteiger partial charge in [0, 0.05) is 34.7 Å². The Labute approximate surface area is 137 Å². The normalized spacial score (nSPS) is 11.1. The second-order valence-electron chi connectivity index (χ2n) is 5.04. The molecule has 0 saturated heterocycles. The predicted octanol–water partition coefficient (Wildman–Crippen LogP) is 3.95. The van der Waals surface area contributed by atoms with Gasteiger partial charge in [0.1, 0.15) is 0 Å². The van der Waals surface area contributed by atoms with Crippen LogP contribution in [-0.4, -0.2) is 25.9 Å². The van der Waals surface area contributed by atoms with Crippen LogP contribution in [0.5, 0.6) is 0 Å². The van der Waals surface area contributed by atoms with E-state index in [2.05, 4.69) is 20.2 Å². The molecule has 23 heavy (non-hydrogen) atoms. The number of aryl methyl sites for hydroxylation is 1. The van der Waals surface area contributed by atoms with Crippen molar-refractivity contribution in [1.82, 2.24) is 20.2 Å². The molecular formula is C17H14N4OS. The maximum atomic E-state index is 5.77. The Kier molecular flexibility index (Phi) is 3.81. The van der Waals surface area contributed by atoms with E-state index in [4.69, 9.17) is 4.42 Å². The molecule has 0 radical (unpaired) electrons. The Hall–Kier alpha value is -2.60. The summed E-state index contributed by atoms with van der Waals surface area (Å²) in [6.07, 6.45) is 4.58. The number of hydrogen-bond donors (Lipinski definition) is 1. The summed E-state index contributed by atoms with van der Waals surface area (Å²) >= 11 is 1.55. The van der Waals surface area contributed by atoms with Crippen molar-refractivity contribution in [3.8, 4) is 11.5 Å². The van der Waals surface area contributed by atoms with Crippen molar-refractivity contribution in [2.24, 2.45) is 0 Å². The number of aromatic amines is 1. The summed E-state index contributed by atoms with van der Waals surface area (Å²) < 4.78 is 5.77. The zero-order valence-corrected chi connectivity index (χ0v) is 13.1. The van der Waals surface area contributed by atoms with Gasteiger partial charge in [0.15, 0.2) is 0 Å². The van der Waals surface area contributed by atoms with E-state index in [1.165, 1.54) is 0 Å². The molecule has 3 aromatic heterocycles. The fraction of sp³-hybridized carbons (Fsp3) is 0.118. The molecule has 0 aliphatic heterocycles. The molecule has 1 aromatic carbocycles. The Morgan fingerprint density at radius 2 is 1.96 bits per heavy atom. The van der Waals surface area contributed by atoms with Crippen LogP contribution in [-0.2, 0) is 6.42 Å². The van der Waals surface area contributed by atoms with Gasteiger partial charge in [-0.15, -0.1) is 10.2 Å². The van der Waals surface area contributed by atoms with Crippen LogP contribution in [0.2, 0.25) is 0 Å². The number of aromatic nitrogens is 4. The van der Waals surface area contributed by atoms with Gasteiger partial charge in [-0.3, -0.25) is 4.98 Å². The van der Waals surface area contributed by atoms with Gasteiger partial charge >= 0.3 is 0 Å². The maximum absolute atomic E-state index is 5.77. The summed E-state index contributed by atoms with van der Waals surface area (Å²) in [7, 11) is 0. The molecule has 6 heteroatoms. The Bertz CT molecular complexity index is 916. The van der Waals surface area contributed by atoms with E-state index in [0.717, 1.165) is 34.3 Å². The maximum Gasteiger partial charge on any atom is 0.276 e. The molecule has 4 aromatic rings. The van der Waals surface area contributed by atoms with Gasteiger partial charge in [-0.25, -0.2) is 0 Å². The van der Waals surface area contributed by atoms with E-state index in [-0.39, 0.29) is 0 Å². The fourth-order valence-corrected chi connectivity index (χ4v) is 3.14. The number of para-hydroxylation sites is 1. The third kappa shape index (κ3) is 2.98. The first kappa shape index (κ1) is 14.0. The number of nitrogens with zero attached hydrogens (tertiary/aromatic N) is 3. The largest absolute Gasteiger partial charge is 0.411 e. The Morgan fingerprint density at radius 3 is 2.87 bits per heavy atom. The quantitative estimate of drug-likeness (QED) is 0.564. The second-order valence-corrected chi connectivity index (χ2v) is 6.09. The number of rotatable bonds is 5. The van der Waals surface area contributed by atoms with E-state index in [0.29, 0.717) is 11.1 Å². The molecule has 4 rings (SSSR count). The first-order valence-corrected chi connectivity index (χ1v) is 8.31. The monoisotopic (exact) mass is 322 g/mol. The van der Waals surface area contributed by atoms with Gasteiger partial charge in [-0.2, -0.15) is 0 Å². The zero-order chi connectivity index (χ0) is 15.5. The van der Waals surface area contributed by atoms with Crippen molar-refractivity contribution in [2.75, 3.05) is 5.75 Å². The lowest BCUT2D eigenvalue weighted by atomic mass is 10.2. The van der Waals surface area contributed by atoms with Crippen molar-refractivity contribution >= 4 is 22.7 Å². The van der Waals surface area contributed by atoms with E-state index in [1.54, 1.807) is 11.8 Å². The average molecular weight is 322 g/mol. The summed E-state index contributed by atoms with van der Waals surface area (Å²) in [6.45, 7) is 0. The average Bonchev–Trinajstić information content (AvgIpc) is 3.22. The lowest BCUT2D eigenvalue weighted by Crippen LogP contribution is -1.91. The molecule has 0 fully saturated rings. The lowest BCUT2D eigenvalue weighted by Gasteiger charge is -1.97. The third-order valence-corrected chi connectivity index (χ3v) is 4.36. The molecule has 0 amide bonds. The molecule has 0 saturated carbocycles. The van der Waals surface area contributed by atoms with Gasteiger partial charge in [-0.1, -0.05) is 36.0 Å². The van der Waals surface area contributed by atoms with Crippen molar-refractivity contribution in [3.63, 3.8) is 0 Å². The topological polar surface area (TPSA) is 67.6 Å². The molecule has 0 aliphatic carbocycles. The summed E-state index contributed by atoms with van der Waals surface area (Å²) in [5, 5.41) is 9.95. The molecule has 0 unspecified atom stereocenters. The highest BCUT2D eigenvalue weighted by atomic mass is 32.2. The second kappa shape index (κ2) is 6.26. The van der Waals surface area contributed by atoms with Crippen LogP contribution in [0.3, 0.4) is 0 Å². The number of nitrogens with one attached hydrogen (secondary N) is 1. The van der Waals surface area contributed by atoms with Crippen LogP contribution in [0.4, 0.5) is 0 Å². The minimum atomic E-state index is 0.544. The van der Waals surface area contributed by atoms with E-state index in [1.807, 2.05) is 54.9 Å². The Balaban J connectivity index is 1.47. The minimum absolute atomic E-state index is 0.544. The molecule has 0 spiro atoms. The van der Waals surface area contributed by atoms with Crippen LogP contribution in [0.1, 0.15) is 5.69 Å². The van der Waals surface area contributed by atoms with Crippen LogP contribution in [0.15, 0.2) is 64.5 Å². The smallest absolute Gasteiger partial charge is 0.276 e. The molecule has 1 N–H and O–H groups in total. The molecule has 114 valence electrons. The standard InChI is InChI=1S/C17H14N4OS/c1-2-7-15-13(6-1)14(11-19-15)16-20-21-17(22-16)23-10-8-12-5-3-4-9-18-12/h1-7,9,11,19H,8,10H2. The van der Waals surface area contributed by atoms with Crippen LogP contribution >= 0.6 is 11.8 Å². The van der Waals surface area contributed by atoms with Crippen molar-refractivity contribution < 1.29 is 4.42 Å². The van der Waals surface area contributed by atoms with Crippen molar-refractivity contribution in [3.05, 3.63) is 60.6 Å². The lowest BCUT2D eigenvalue weighted by molar-refractivity contribution is 0.466. The van der Waals surface area contributed by atoms with E-state index >= 15 is 0 Å². The first-order chi connectivity index (χ1) is 11.4. The molecule has 0 atom stereocenters. The molecule has 0 aliphatic rings. The highest BCUT2D eigenvalue weighted by Gasteiger charge is 2.13. The molecule has 5 nitrogen and oxygen atoms in total. The van der Waals surface area contributed by atoms with Gasteiger partial charge in [0.2, 0.25) is 0 Å². The van der Waals surface area contributed by atoms with Gasteiger partial charge < -0.3 is 9.40 Å². The fourth-order valence-electron chi connectivity index (χ4n) is 2.41. The van der Waals surface area contributed by atoms with Crippen LogP contribution < -0.4 is 0 Å². The number of H-pyrrole nitrogens is 1. The SMILES string of the molecule is c1ccc(CCSc2nnc(-c3c[nH]c4ccccc34)o2)nc1. The Morgan fingerprint density at radius 1 is 1.04 bits per heavy atom. The predicted molar refractivity (Wildman–Crippen MR) is 90.3 cm³/mol. The minimum Gasteiger partial charge on any atom is -0.411 e. The van der Waals surface area contributed by atoms with Crippen LogP contribution in [0.25, 0.3) is 22.4 Å². The summed E-state index contributed by atoms with van der Waals surface area (Å²) in [6, 6.07) is 14.0. The van der Waals surface area contributed by atoms with Crippen molar-refractivity contribution in [2.45, 2.75) is 11.6 Å². The van der Waals surface area contributed by atoms with Gasteiger partial charge in [0.05, 0.1) is 5.56 Å². The zero-order valence-electron chi connectivity index (χ0n) is 12.3. The number of benzene rings is 1. The van der Waals surface area contributed by atoms with E-state index < -0.39 is 0 Å². The summed E-state index contributed by atoms with van der Waals surface area (Å²) in [5.74, 6) is 1.40. The number of fused-ring (bicyclic) bond motifs is 1.